The van der Waals surface area contributed by atoms with Crippen molar-refractivity contribution in [3.63, 3.8) is 0 Å². The van der Waals surface area contributed by atoms with Crippen molar-refractivity contribution in [1.29, 1.82) is 0 Å². The van der Waals surface area contributed by atoms with Gasteiger partial charge in [-0.05, 0) is 42.9 Å². The molecule has 0 radical (unpaired) electrons. The molecule has 1 aromatic carbocycles. The van der Waals surface area contributed by atoms with Gasteiger partial charge in [0.05, 0.1) is 0 Å². The topological polar surface area (TPSA) is 26.3 Å². The molecule has 0 bridgehead atoms. The molecule has 1 saturated carbocycles. The number of Topliss-reactive ketones (excluding diaryl/α,β-unsaturated/α-hetero) is 1. The van der Waals surface area contributed by atoms with E-state index in [-0.39, 0.29) is 18.3 Å². The van der Waals surface area contributed by atoms with Gasteiger partial charge in [0.2, 0.25) is 0 Å². The third kappa shape index (κ3) is 3.84. The minimum atomic E-state index is 0.230. The molecule has 1 aliphatic rings. The fraction of sp³-hybridized carbons (Fsp3) is 0.611. The third-order valence-electron chi connectivity index (χ3n) is 4.22. The van der Waals surface area contributed by atoms with E-state index >= 15 is 0 Å². The Bertz CT molecular complexity index is 456. The lowest BCUT2D eigenvalue weighted by atomic mass is 9.86. The maximum Gasteiger partial charge on any atom is 0.173 e. The predicted octanol–water partition coefficient (Wildman–Crippen LogP) is 4.65. The number of ether oxygens (including phenoxy) is 1. The van der Waals surface area contributed by atoms with Crippen molar-refractivity contribution in [3.8, 4) is 5.75 Å². The first-order valence-electron chi connectivity index (χ1n) is 7.84. The first-order chi connectivity index (χ1) is 9.58. The van der Waals surface area contributed by atoms with E-state index in [9.17, 15) is 4.79 Å². The van der Waals surface area contributed by atoms with E-state index in [1.165, 1.54) is 30.4 Å². The van der Waals surface area contributed by atoms with Crippen LogP contribution in [0.4, 0.5) is 0 Å². The molecule has 0 N–H and O–H groups in total. The normalized spacial score (nSPS) is 16.4. The second-order valence-corrected chi connectivity index (χ2v) is 6.29. The van der Waals surface area contributed by atoms with Crippen LogP contribution in [-0.4, -0.2) is 12.4 Å². The van der Waals surface area contributed by atoms with E-state index in [0.717, 1.165) is 18.6 Å². The number of hydrogen-bond acceptors (Lipinski definition) is 2. The molecular formula is C18H26O2. The first-order valence-corrected chi connectivity index (χ1v) is 7.84. The quantitative estimate of drug-likeness (QED) is 0.781. The minimum absolute atomic E-state index is 0.230. The van der Waals surface area contributed by atoms with Gasteiger partial charge >= 0.3 is 0 Å². The largest absolute Gasteiger partial charge is 0.486 e. The summed E-state index contributed by atoms with van der Waals surface area (Å²) < 4.78 is 5.84. The fourth-order valence-corrected chi connectivity index (χ4v) is 2.93. The number of ketones is 1. The lowest BCUT2D eigenvalue weighted by Gasteiger charge is -2.21. The minimum Gasteiger partial charge on any atom is -0.486 e. The summed E-state index contributed by atoms with van der Waals surface area (Å²) in [5, 5.41) is 0. The summed E-state index contributed by atoms with van der Waals surface area (Å²) in [6.07, 6.45) is 5.76. The van der Waals surface area contributed by atoms with E-state index in [4.69, 9.17) is 4.74 Å². The first kappa shape index (κ1) is 15.1. The summed E-state index contributed by atoms with van der Waals surface area (Å²) in [6, 6.07) is 6.26. The second-order valence-electron chi connectivity index (χ2n) is 6.29. The zero-order valence-corrected chi connectivity index (χ0v) is 12.9. The maximum atomic E-state index is 12.2. The van der Waals surface area contributed by atoms with Crippen LogP contribution in [0.2, 0.25) is 0 Å². The molecule has 0 unspecified atom stereocenters. The van der Waals surface area contributed by atoms with Crippen LogP contribution in [0.3, 0.4) is 0 Å². The molecule has 2 rings (SSSR count). The van der Waals surface area contributed by atoms with E-state index in [0.29, 0.717) is 5.92 Å². The van der Waals surface area contributed by atoms with Crippen molar-refractivity contribution in [2.45, 2.75) is 58.8 Å². The molecule has 1 aliphatic carbocycles. The molecule has 0 aliphatic heterocycles. The van der Waals surface area contributed by atoms with E-state index < -0.39 is 0 Å². The van der Waals surface area contributed by atoms with Gasteiger partial charge < -0.3 is 4.74 Å². The molecule has 0 spiro atoms. The third-order valence-corrected chi connectivity index (χ3v) is 4.22. The van der Waals surface area contributed by atoms with Gasteiger partial charge in [0.1, 0.15) is 12.4 Å². The predicted molar refractivity (Wildman–Crippen MR) is 82.3 cm³/mol. The average Bonchev–Trinajstić information content (AvgIpc) is 2.45. The standard InChI is InChI=1S/C18H26O2/c1-13(2)16-10-9-14(3)11-18(16)20-12-17(19)15-7-5-4-6-8-15/h9-11,13,15H,4-8,12H2,1-3H3. The zero-order chi connectivity index (χ0) is 14.5. The molecule has 2 nitrogen and oxygen atoms in total. The molecule has 20 heavy (non-hydrogen) atoms. The number of hydrogen-bond donors (Lipinski definition) is 0. The highest BCUT2D eigenvalue weighted by molar-refractivity contribution is 5.82. The smallest absolute Gasteiger partial charge is 0.173 e. The van der Waals surface area contributed by atoms with Crippen molar-refractivity contribution in [2.24, 2.45) is 5.92 Å². The summed E-state index contributed by atoms with van der Waals surface area (Å²) in [5.41, 5.74) is 2.36. The highest BCUT2D eigenvalue weighted by Gasteiger charge is 2.21. The van der Waals surface area contributed by atoms with Gasteiger partial charge in [0.25, 0.3) is 0 Å². The number of rotatable bonds is 5. The molecule has 2 heteroatoms. The SMILES string of the molecule is Cc1ccc(C(C)C)c(OCC(=O)C2CCCCC2)c1. The van der Waals surface area contributed by atoms with Crippen molar-refractivity contribution in [2.75, 3.05) is 6.61 Å². The van der Waals surface area contributed by atoms with Crippen molar-refractivity contribution in [1.82, 2.24) is 0 Å². The van der Waals surface area contributed by atoms with Crippen LogP contribution in [0.25, 0.3) is 0 Å². The Hall–Kier alpha value is -1.31. The molecule has 1 aromatic rings. The Morgan fingerprint density at radius 2 is 1.95 bits per heavy atom. The summed E-state index contributed by atoms with van der Waals surface area (Å²) in [7, 11) is 0. The number of carbonyl (C=O) groups excluding carboxylic acids is 1. The highest BCUT2D eigenvalue weighted by atomic mass is 16.5. The van der Waals surface area contributed by atoms with Gasteiger partial charge in [-0.3, -0.25) is 4.79 Å². The van der Waals surface area contributed by atoms with Crippen molar-refractivity contribution < 1.29 is 9.53 Å². The van der Waals surface area contributed by atoms with Gasteiger partial charge in [-0.1, -0.05) is 45.2 Å². The summed E-state index contributed by atoms with van der Waals surface area (Å²) in [6.45, 7) is 6.59. The van der Waals surface area contributed by atoms with Crippen molar-refractivity contribution in [3.05, 3.63) is 29.3 Å². The molecule has 0 aromatic heterocycles. The van der Waals surface area contributed by atoms with Gasteiger partial charge in [-0.25, -0.2) is 0 Å². The number of benzene rings is 1. The molecule has 110 valence electrons. The van der Waals surface area contributed by atoms with Crippen LogP contribution in [0, 0.1) is 12.8 Å². The zero-order valence-electron chi connectivity index (χ0n) is 12.9. The fourth-order valence-electron chi connectivity index (χ4n) is 2.93. The van der Waals surface area contributed by atoms with Gasteiger partial charge in [-0.2, -0.15) is 0 Å². The monoisotopic (exact) mass is 274 g/mol. The van der Waals surface area contributed by atoms with Gasteiger partial charge in [0, 0.05) is 5.92 Å². The highest BCUT2D eigenvalue weighted by Crippen LogP contribution is 2.28. The van der Waals surface area contributed by atoms with Gasteiger partial charge in [-0.15, -0.1) is 0 Å². The van der Waals surface area contributed by atoms with Crippen LogP contribution in [0.1, 0.15) is 63.0 Å². The van der Waals surface area contributed by atoms with Crippen LogP contribution in [0.15, 0.2) is 18.2 Å². The van der Waals surface area contributed by atoms with Crippen molar-refractivity contribution >= 4 is 5.78 Å². The Labute approximate surface area is 122 Å². The molecular weight excluding hydrogens is 248 g/mol. The average molecular weight is 274 g/mol. The Morgan fingerprint density at radius 3 is 2.60 bits per heavy atom. The molecule has 0 saturated heterocycles. The second kappa shape index (κ2) is 6.92. The lowest BCUT2D eigenvalue weighted by molar-refractivity contribution is -0.125. The number of carbonyl (C=O) groups is 1. The molecule has 0 heterocycles. The Morgan fingerprint density at radius 1 is 1.25 bits per heavy atom. The van der Waals surface area contributed by atoms with E-state index in [1.54, 1.807) is 0 Å². The Kier molecular flexibility index (Phi) is 5.22. The van der Waals surface area contributed by atoms with Crippen LogP contribution >= 0.6 is 0 Å². The molecule has 1 fully saturated rings. The number of aryl methyl sites for hydroxylation is 1. The summed E-state index contributed by atoms with van der Waals surface area (Å²) in [5.74, 6) is 1.80. The van der Waals surface area contributed by atoms with Crippen LogP contribution in [-0.2, 0) is 4.79 Å². The lowest BCUT2D eigenvalue weighted by Crippen LogP contribution is -2.23. The van der Waals surface area contributed by atoms with E-state index in [1.807, 2.05) is 6.07 Å². The summed E-state index contributed by atoms with van der Waals surface area (Å²) in [4.78, 5) is 12.2. The van der Waals surface area contributed by atoms with E-state index in [2.05, 4.69) is 32.9 Å². The summed E-state index contributed by atoms with van der Waals surface area (Å²) >= 11 is 0. The maximum absolute atomic E-state index is 12.2. The van der Waals surface area contributed by atoms with Crippen LogP contribution < -0.4 is 4.74 Å². The molecule has 0 atom stereocenters. The van der Waals surface area contributed by atoms with Gasteiger partial charge in [0.15, 0.2) is 5.78 Å². The Balaban J connectivity index is 1.99. The molecule has 0 amide bonds. The van der Waals surface area contributed by atoms with Crippen LogP contribution in [0.5, 0.6) is 5.75 Å².